The van der Waals surface area contributed by atoms with Gasteiger partial charge in [0.2, 0.25) is 0 Å². The smallest absolute Gasteiger partial charge is 0.00673 e. The Morgan fingerprint density at radius 2 is 2.00 bits per heavy atom. The number of benzene rings is 1. The maximum Gasteiger partial charge on any atom is 0.00673 e. The van der Waals surface area contributed by atoms with Gasteiger partial charge in [-0.1, -0.05) is 30.3 Å². The zero-order valence-corrected chi connectivity index (χ0v) is 10.8. The molecule has 2 rings (SSSR count). The van der Waals surface area contributed by atoms with Gasteiger partial charge in [0, 0.05) is 19.1 Å². The van der Waals surface area contributed by atoms with E-state index in [9.17, 15) is 0 Å². The molecule has 1 aliphatic rings. The number of piperidine rings is 1. The number of likely N-dealkylation sites (tertiary alicyclic amines) is 1. The molecule has 2 unspecified atom stereocenters. The van der Waals surface area contributed by atoms with Gasteiger partial charge >= 0.3 is 0 Å². The number of hydrogen-bond donors (Lipinski definition) is 1. The van der Waals surface area contributed by atoms with Crippen LogP contribution in [0.15, 0.2) is 30.3 Å². The summed E-state index contributed by atoms with van der Waals surface area (Å²) < 4.78 is 0. The second-order valence-corrected chi connectivity index (χ2v) is 5.26. The van der Waals surface area contributed by atoms with Crippen molar-refractivity contribution in [2.75, 3.05) is 19.6 Å². The van der Waals surface area contributed by atoms with Crippen molar-refractivity contribution in [2.24, 2.45) is 11.7 Å². The fraction of sp³-hybridized carbons (Fsp3) is 0.600. The van der Waals surface area contributed by atoms with E-state index in [0.29, 0.717) is 5.92 Å². The molecule has 0 spiro atoms. The Labute approximate surface area is 105 Å². The molecule has 0 saturated carbocycles. The Kier molecular flexibility index (Phi) is 4.57. The number of nitrogens with two attached hydrogens (primary N) is 1. The van der Waals surface area contributed by atoms with Crippen LogP contribution in [0.3, 0.4) is 0 Å². The zero-order valence-electron chi connectivity index (χ0n) is 10.8. The van der Waals surface area contributed by atoms with Gasteiger partial charge in [-0.25, -0.2) is 0 Å². The van der Waals surface area contributed by atoms with Crippen molar-refractivity contribution in [3.8, 4) is 0 Å². The van der Waals surface area contributed by atoms with Gasteiger partial charge in [0.05, 0.1) is 0 Å². The highest BCUT2D eigenvalue weighted by atomic mass is 15.2. The van der Waals surface area contributed by atoms with Crippen LogP contribution < -0.4 is 5.73 Å². The molecule has 0 amide bonds. The van der Waals surface area contributed by atoms with Gasteiger partial charge in [-0.15, -0.1) is 0 Å². The van der Waals surface area contributed by atoms with E-state index >= 15 is 0 Å². The Balaban J connectivity index is 1.85. The predicted molar refractivity (Wildman–Crippen MR) is 73.0 cm³/mol. The topological polar surface area (TPSA) is 29.3 Å². The normalized spacial score (nSPS) is 26.0. The van der Waals surface area contributed by atoms with Crippen LogP contribution >= 0.6 is 0 Å². The SMILES string of the molecule is CC1CCC(CN)CN1CCc1ccccc1. The molecule has 0 aromatic heterocycles. The first-order chi connectivity index (χ1) is 8.29. The van der Waals surface area contributed by atoms with Crippen LogP contribution in [0.4, 0.5) is 0 Å². The molecule has 2 nitrogen and oxygen atoms in total. The summed E-state index contributed by atoms with van der Waals surface area (Å²) in [6, 6.07) is 11.5. The Bertz CT molecular complexity index is 323. The molecule has 1 aromatic rings. The summed E-state index contributed by atoms with van der Waals surface area (Å²) in [5.41, 5.74) is 7.23. The van der Waals surface area contributed by atoms with Crippen molar-refractivity contribution in [3.05, 3.63) is 35.9 Å². The molecule has 0 aliphatic carbocycles. The molecule has 1 fully saturated rings. The van der Waals surface area contributed by atoms with Gasteiger partial charge in [-0.2, -0.15) is 0 Å². The summed E-state index contributed by atoms with van der Waals surface area (Å²) in [5, 5.41) is 0. The van der Waals surface area contributed by atoms with Crippen molar-refractivity contribution < 1.29 is 0 Å². The van der Waals surface area contributed by atoms with Gasteiger partial charge in [0.1, 0.15) is 0 Å². The molecule has 2 atom stereocenters. The molecule has 1 aromatic carbocycles. The minimum Gasteiger partial charge on any atom is -0.330 e. The van der Waals surface area contributed by atoms with Gasteiger partial charge in [0.15, 0.2) is 0 Å². The first-order valence-electron chi connectivity index (χ1n) is 6.77. The van der Waals surface area contributed by atoms with Crippen LogP contribution in [0.2, 0.25) is 0 Å². The van der Waals surface area contributed by atoms with Crippen LogP contribution in [0.25, 0.3) is 0 Å². The molecule has 0 radical (unpaired) electrons. The average molecular weight is 232 g/mol. The minimum atomic E-state index is 0.710. The summed E-state index contributed by atoms with van der Waals surface area (Å²) in [7, 11) is 0. The number of nitrogens with zero attached hydrogens (tertiary/aromatic N) is 1. The second-order valence-electron chi connectivity index (χ2n) is 5.26. The molecular weight excluding hydrogens is 208 g/mol. The Morgan fingerprint density at radius 1 is 1.24 bits per heavy atom. The molecule has 94 valence electrons. The maximum atomic E-state index is 5.79. The highest BCUT2D eigenvalue weighted by Gasteiger charge is 2.23. The van der Waals surface area contributed by atoms with Crippen LogP contribution in [-0.4, -0.2) is 30.6 Å². The van der Waals surface area contributed by atoms with Crippen LogP contribution in [0.5, 0.6) is 0 Å². The molecule has 2 N–H and O–H groups in total. The lowest BCUT2D eigenvalue weighted by Crippen LogP contribution is -2.44. The number of rotatable bonds is 4. The third kappa shape index (κ3) is 3.55. The van der Waals surface area contributed by atoms with Crippen molar-refractivity contribution in [2.45, 2.75) is 32.2 Å². The van der Waals surface area contributed by atoms with Crippen LogP contribution in [-0.2, 0) is 6.42 Å². The lowest BCUT2D eigenvalue weighted by Gasteiger charge is -2.37. The molecule has 0 bridgehead atoms. The lowest BCUT2D eigenvalue weighted by atomic mass is 9.93. The van der Waals surface area contributed by atoms with Crippen LogP contribution in [0, 0.1) is 5.92 Å². The minimum absolute atomic E-state index is 0.710. The fourth-order valence-corrected chi connectivity index (χ4v) is 2.68. The van der Waals surface area contributed by atoms with E-state index in [4.69, 9.17) is 5.73 Å². The Hall–Kier alpha value is -0.860. The molecule has 1 saturated heterocycles. The number of hydrogen-bond acceptors (Lipinski definition) is 2. The third-order valence-electron chi connectivity index (χ3n) is 3.97. The van der Waals surface area contributed by atoms with Gasteiger partial charge in [0.25, 0.3) is 0 Å². The fourth-order valence-electron chi connectivity index (χ4n) is 2.68. The second kappa shape index (κ2) is 6.18. The first kappa shape index (κ1) is 12.6. The molecule has 2 heteroatoms. The Morgan fingerprint density at radius 3 is 2.71 bits per heavy atom. The van der Waals surface area contributed by atoms with E-state index in [1.165, 1.54) is 31.5 Å². The van der Waals surface area contributed by atoms with Crippen molar-refractivity contribution >= 4 is 0 Å². The largest absolute Gasteiger partial charge is 0.330 e. The highest BCUT2D eigenvalue weighted by molar-refractivity contribution is 5.14. The first-order valence-corrected chi connectivity index (χ1v) is 6.77. The maximum absolute atomic E-state index is 5.79. The van der Waals surface area contributed by atoms with Crippen LogP contribution in [0.1, 0.15) is 25.3 Å². The summed E-state index contributed by atoms with van der Waals surface area (Å²) >= 11 is 0. The summed E-state index contributed by atoms with van der Waals surface area (Å²) in [6.07, 6.45) is 3.76. The zero-order chi connectivity index (χ0) is 12.1. The van der Waals surface area contributed by atoms with Gasteiger partial charge in [-0.3, -0.25) is 0 Å². The van der Waals surface area contributed by atoms with Crippen molar-refractivity contribution in [1.29, 1.82) is 0 Å². The van der Waals surface area contributed by atoms with Crippen molar-refractivity contribution in [3.63, 3.8) is 0 Å². The molecular formula is C15H24N2. The standard InChI is InChI=1S/C15H24N2/c1-13-7-8-15(11-16)12-17(13)10-9-14-5-3-2-4-6-14/h2-6,13,15H,7-12,16H2,1H3. The summed E-state index contributed by atoms with van der Waals surface area (Å²) in [6.45, 7) is 5.54. The predicted octanol–water partition coefficient (Wildman–Crippen LogP) is 2.29. The quantitative estimate of drug-likeness (QED) is 0.863. The summed E-state index contributed by atoms with van der Waals surface area (Å²) in [5.74, 6) is 0.710. The average Bonchev–Trinajstić information content (AvgIpc) is 2.39. The molecule has 17 heavy (non-hydrogen) atoms. The van der Waals surface area contributed by atoms with E-state index in [1.807, 2.05) is 0 Å². The van der Waals surface area contributed by atoms with E-state index in [2.05, 4.69) is 42.2 Å². The molecule has 1 aliphatic heterocycles. The van der Waals surface area contributed by atoms with Crippen molar-refractivity contribution in [1.82, 2.24) is 4.90 Å². The van der Waals surface area contributed by atoms with E-state index in [1.54, 1.807) is 0 Å². The highest BCUT2D eigenvalue weighted by Crippen LogP contribution is 2.21. The van der Waals surface area contributed by atoms with Gasteiger partial charge < -0.3 is 10.6 Å². The summed E-state index contributed by atoms with van der Waals surface area (Å²) in [4.78, 5) is 2.61. The van der Waals surface area contributed by atoms with E-state index in [0.717, 1.165) is 19.0 Å². The lowest BCUT2D eigenvalue weighted by molar-refractivity contribution is 0.122. The van der Waals surface area contributed by atoms with Gasteiger partial charge in [-0.05, 0) is 44.2 Å². The molecule has 1 heterocycles. The monoisotopic (exact) mass is 232 g/mol. The van der Waals surface area contributed by atoms with E-state index in [-0.39, 0.29) is 0 Å². The third-order valence-corrected chi connectivity index (χ3v) is 3.97. The van der Waals surface area contributed by atoms with E-state index < -0.39 is 0 Å².